The minimum Gasteiger partial charge on any atom is -0.481 e. The molecule has 0 saturated carbocycles. The quantitative estimate of drug-likeness (QED) is 0.848. The highest BCUT2D eigenvalue weighted by atomic mass is 16.5. The van der Waals surface area contributed by atoms with Crippen LogP contribution >= 0.6 is 0 Å². The molecule has 17 heavy (non-hydrogen) atoms. The van der Waals surface area contributed by atoms with Crippen LogP contribution in [0, 0.1) is 0 Å². The molecule has 2 rings (SSSR count). The molecule has 0 aliphatic carbocycles. The first-order valence-corrected chi connectivity index (χ1v) is 5.50. The van der Waals surface area contributed by atoms with Crippen molar-refractivity contribution in [3.63, 3.8) is 0 Å². The Kier molecular flexibility index (Phi) is 3.59. The summed E-state index contributed by atoms with van der Waals surface area (Å²) in [6.45, 7) is 0.854. The molecule has 0 aliphatic heterocycles. The van der Waals surface area contributed by atoms with E-state index in [2.05, 4.69) is 15.4 Å². The maximum absolute atomic E-state index is 5.06. The van der Waals surface area contributed by atoms with Gasteiger partial charge in [-0.1, -0.05) is 0 Å². The van der Waals surface area contributed by atoms with Gasteiger partial charge in [-0.25, -0.2) is 4.98 Å². The Labute approximate surface area is 100 Å². The second-order valence-corrected chi connectivity index (χ2v) is 3.71. The minimum atomic E-state index is 0.621. The van der Waals surface area contributed by atoms with Gasteiger partial charge >= 0.3 is 0 Å². The number of nitrogens with one attached hydrogen (secondary N) is 1. The van der Waals surface area contributed by atoms with E-state index in [0.717, 1.165) is 18.7 Å². The van der Waals surface area contributed by atoms with E-state index in [1.807, 2.05) is 36.1 Å². The Hall–Kier alpha value is -2.04. The highest BCUT2D eigenvalue weighted by Gasteiger charge is 1.99. The third-order valence-electron chi connectivity index (χ3n) is 2.58. The Bertz CT molecular complexity index is 481. The van der Waals surface area contributed by atoms with E-state index in [9.17, 15) is 0 Å². The van der Waals surface area contributed by atoms with Gasteiger partial charge in [0, 0.05) is 49.9 Å². The van der Waals surface area contributed by atoms with Gasteiger partial charge in [0.2, 0.25) is 5.88 Å². The largest absolute Gasteiger partial charge is 0.481 e. The third-order valence-corrected chi connectivity index (χ3v) is 2.58. The molecule has 0 fully saturated rings. The van der Waals surface area contributed by atoms with E-state index in [4.69, 9.17) is 4.74 Å². The molecule has 2 heterocycles. The lowest BCUT2D eigenvalue weighted by Gasteiger charge is -2.07. The van der Waals surface area contributed by atoms with Crippen molar-refractivity contribution in [2.75, 3.05) is 19.0 Å². The molecule has 0 atom stereocenters. The summed E-state index contributed by atoms with van der Waals surface area (Å²) in [6.07, 6.45) is 4.47. The summed E-state index contributed by atoms with van der Waals surface area (Å²) in [7, 11) is 3.56. The maximum atomic E-state index is 5.06. The number of methoxy groups -OCH3 is 1. The lowest BCUT2D eigenvalue weighted by atomic mass is 10.3. The van der Waals surface area contributed by atoms with E-state index >= 15 is 0 Å². The maximum Gasteiger partial charge on any atom is 0.214 e. The number of pyridine rings is 1. The van der Waals surface area contributed by atoms with Crippen LogP contribution in [0.15, 0.2) is 30.6 Å². The molecule has 0 aliphatic rings. The van der Waals surface area contributed by atoms with Gasteiger partial charge in [0.1, 0.15) is 0 Å². The molecule has 90 valence electrons. The van der Waals surface area contributed by atoms with Gasteiger partial charge in [-0.15, -0.1) is 0 Å². The van der Waals surface area contributed by atoms with Crippen LogP contribution in [-0.4, -0.2) is 28.4 Å². The lowest BCUT2D eigenvalue weighted by Crippen LogP contribution is -2.08. The van der Waals surface area contributed by atoms with Crippen molar-refractivity contribution in [3.8, 4) is 5.88 Å². The molecule has 5 nitrogen and oxygen atoms in total. The number of rotatable bonds is 5. The number of aryl methyl sites for hydroxylation is 1. The minimum absolute atomic E-state index is 0.621. The SMILES string of the molecule is COc1cc(NCCc2ccnn2C)ccn1. The highest BCUT2D eigenvalue weighted by molar-refractivity contribution is 5.44. The number of hydrogen-bond donors (Lipinski definition) is 1. The molecule has 0 aromatic carbocycles. The summed E-state index contributed by atoms with van der Waals surface area (Å²) in [4.78, 5) is 4.05. The standard InChI is InChI=1S/C12H16N4O/c1-16-11(5-8-15-16)4-7-13-10-3-6-14-12(9-10)17-2/h3,5-6,8-9H,4,7H2,1-2H3,(H,13,14). The summed E-state index contributed by atoms with van der Waals surface area (Å²) in [6, 6.07) is 5.82. The number of anilines is 1. The van der Waals surface area contributed by atoms with Crippen LogP contribution in [0.25, 0.3) is 0 Å². The van der Waals surface area contributed by atoms with Crippen LogP contribution in [0.4, 0.5) is 5.69 Å². The normalized spacial score (nSPS) is 10.2. The molecule has 0 saturated heterocycles. The van der Waals surface area contributed by atoms with E-state index in [0.29, 0.717) is 5.88 Å². The Morgan fingerprint density at radius 2 is 2.24 bits per heavy atom. The topological polar surface area (TPSA) is 52.0 Å². The molecule has 0 unspecified atom stereocenters. The average Bonchev–Trinajstić information content (AvgIpc) is 2.76. The fourth-order valence-electron chi connectivity index (χ4n) is 1.61. The molecule has 0 spiro atoms. The molecule has 1 N–H and O–H groups in total. The van der Waals surface area contributed by atoms with Crippen molar-refractivity contribution in [1.29, 1.82) is 0 Å². The Morgan fingerprint density at radius 1 is 1.35 bits per heavy atom. The zero-order valence-corrected chi connectivity index (χ0v) is 10.1. The molecular weight excluding hydrogens is 216 g/mol. The first-order valence-electron chi connectivity index (χ1n) is 5.50. The van der Waals surface area contributed by atoms with Gasteiger partial charge in [0.05, 0.1) is 7.11 Å². The number of aromatic nitrogens is 3. The van der Waals surface area contributed by atoms with Crippen LogP contribution in [0.1, 0.15) is 5.69 Å². The highest BCUT2D eigenvalue weighted by Crippen LogP contribution is 2.13. The molecular formula is C12H16N4O. The predicted octanol–water partition coefficient (Wildman–Crippen LogP) is 1.48. The van der Waals surface area contributed by atoms with Crippen LogP contribution in [0.5, 0.6) is 5.88 Å². The second-order valence-electron chi connectivity index (χ2n) is 3.71. The summed E-state index contributed by atoms with van der Waals surface area (Å²) < 4.78 is 6.94. The van der Waals surface area contributed by atoms with Gasteiger partial charge < -0.3 is 10.1 Å². The fourth-order valence-corrected chi connectivity index (χ4v) is 1.61. The van der Waals surface area contributed by atoms with Gasteiger partial charge in [-0.3, -0.25) is 4.68 Å². The summed E-state index contributed by atoms with van der Waals surface area (Å²) in [5.74, 6) is 0.621. The molecule has 0 amide bonds. The van der Waals surface area contributed by atoms with Crippen molar-refractivity contribution in [2.24, 2.45) is 7.05 Å². The average molecular weight is 232 g/mol. The molecule has 0 bridgehead atoms. The second kappa shape index (κ2) is 5.34. The van der Waals surface area contributed by atoms with E-state index in [-0.39, 0.29) is 0 Å². The smallest absolute Gasteiger partial charge is 0.214 e. The Balaban J connectivity index is 1.87. The van der Waals surface area contributed by atoms with Crippen molar-refractivity contribution in [3.05, 3.63) is 36.3 Å². The first-order chi connectivity index (χ1) is 8.29. The van der Waals surface area contributed by atoms with Gasteiger partial charge in [-0.05, 0) is 12.1 Å². The summed E-state index contributed by atoms with van der Waals surface area (Å²) in [5.41, 5.74) is 2.22. The van der Waals surface area contributed by atoms with E-state index in [1.54, 1.807) is 13.3 Å². The van der Waals surface area contributed by atoms with Crippen LogP contribution in [0.2, 0.25) is 0 Å². The summed E-state index contributed by atoms with van der Waals surface area (Å²) >= 11 is 0. The van der Waals surface area contributed by atoms with Crippen molar-refractivity contribution in [2.45, 2.75) is 6.42 Å². The van der Waals surface area contributed by atoms with Gasteiger partial charge in [-0.2, -0.15) is 5.10 Å². The monoisotopic (exact) mass is 232 g/mol. The number of ether oxygens (including phenoxy) is 1. The molecule has 0 radical (unpaired) electrons. The first kappa shape index (κ1) is 11.4. The molecule has 5 heteroatoms. The lowest BCUT2D eigenvalue weighted by molar-refractivity contribution is 0.398. The van der Waals surface area contributed by atoms with E-state index < -0.39 is 0 Å². The van der Waals surface area contributed by atoms with Crippen LogP contribution in [-0.2, 0) is 13.5 Å². The molecule has 2 aromatic rings. The zero-order chi connectivity index (χ0) is 12.1. The fraction of sp³-hybridized carbons (Fsp3) is 0.333. The van der Waals surface area contributed by atoms with Crippen LogP contribution in [0.3, 0.4) is 0 Å². The molecule has 2 aromatic heterocycles. The van der Waals surface area contributed by atoms with Gasteiger partial charge in [0.25, 0.3) is 0 Å². The third kappa shape index (κ3) is 2.96. The zero-order valence-electron chi connectivity index (χ0n) is 10.1. The summed E-state index contributed by atoms with van der Waals surface area (Å²) in [5, 5.41) is 7.45. The van der Waals surface area contributed by atoms with Gasteiger partial charge in [0.15, 0.2) is 0 Å². The van der Waals surface area contributed by atoms with Crippen molar-refractivity contribution in [1.82, 2.24) is 14.8 Å². The van der Waals surface area contributed by atoms with Crippen LogP contribution < -0.4 is 10.1 Å². The van der Waals surface area contributed by atoms with Crippen molar-refractivity contribution >= 4 is 5.69 Å². The number of nitrogens with zero attached hydrogens (tertiary/aromatic N) is 3. The van der Waals surface area contributed by atoms with Crippen molar-refractivity contribution < 1.29 is 4.74 Å². The predicted molar refractivity (Wildman–Crippen MR) is 66.2 cm³/mol. The van der Waals surface area contributed by atoms with E-state index in [1.165, 1.54) is 5.69 Å². The number of hydrogen-bond acceptors (Lipinski definition) is 4. The Morgan fingerprint density at radius 3 is 2.94 bits per heavy atom.